The summed E-state index contributed by atoms with van der Waals surface area (Å²) in [5.41, 5.74) is -3.99. The van der Waals surface area contributed by atoms with Crippen molar-refractivity contribution in [1.82, 2.24) is 4.98 Å². The Morgan fingerprint density at radius 1 is 1.00 bits per heavy atom. The molecule has 2 heterocycles. The molecule has 1 unspecified atom stereocenters. The minimum absolute atomic E-state index is 0.0276. The van der Waals surface area contributed by atoms with Crippen molar-refractivity contribution in [2.75, 3.05) is 0 Å². The van der Waals surface area contributed by atoms with Crippen molar-refractivity contribution < 1.29 is 22.7 Å². The van der Waals surface area contributed by atoms with Crippen molar-refractivity contribution in [3.8, 4) is 0 Å². The number of alkyl halides is 3. The predicted molar refractivity (Wildman–Crippen MR) is 94.6 cm³/mol. The van der Waals surface area contributed by atoms with Crippen LogP contribution in [0.2, 0.25) is 0 Å². The first-order valence-electron chi connectivity index (χ1n) is 8.13. The number of nitrogens with one attached hydrogen (secondary N) is 1. The van der Waals surface area contributed by atoms with Gasteiger partial charge >= 0.3 is 6.18 Å². The highest BCUT2D eigenvalue weighted by atomic mass is 19.4. The standard InChI is InChI=1S/C20H14F3NO3/c1-11-18(12-6-2-4-8-14(12)24-11)19(26,20(21,22)23)17-10-15(25)13-7-3-5-9-16(13)27-17/h2-10,24,26H,1H3. The second kappa shape index (κ2) is 5.72. The lowest BCUT2D eigenvalue weighted by molar-refractivity contribution is -0.253. The van der Waals surface area contributed by atoms with Gasteiger partial charge in [-0.3, -0.25) is 4.79 Å². The van der Waals surface area contributed by atoms with E-state index < -0.39 is 23.0 Å². The van der Waals surface area contributed by atoms with Gasteiger partial charge in [0, 0.05) is 28.2 Å². The van der Waals surface area contributed by atoms with Crippen LogP contribution in [0.4, 0.5) is 13.2 Å². The van der Waals surface area contributed by atoms with Gasteiger partial charge in [0.1, 0.15) is 5.58 Å². The molecule has 0 fully saturated rings. The summed E-state index contributed by atoms with van der Waals surface area (Å²) in [4.78, 5) is 15.2. The number of fused-ring (bicyclic) bond motifs is 2. The molecule has 0 spiro atoms. The third kappa shape index (κ3) is 2.46. The summed E-state index contributed by atoms with van der Waals surface area (Å²) in [6, 6.07) is 13.0. The lowest BCUT2D eigenvalue weighted by Crippen LogP contribution is -2.44. The fourth-order valence-corrected chi connectivity index (χ4v) is 3.43. The van der Waals surface area contributed by atoms with Gasteiger partial charge in [-0.1, -0.05) is 30.3 Å². The van der Waals surface area contributed by atoms with E-state index in [0.29, 0.717) is 11.6 Å². The molecule has 2 N–H and O–H groups in total. The monoisotopic (exact) mass is 373 g/mol. The maximum atomic E-state index is 14.2. The average Bonchev–Trinajstić information content (AvgIpc) is 2.96. The molecule has 0 aliphatic rings. The van der Waals surface area contributed by atoms with E-state index in [4.69, 9.17) is 4.42 Å². The number of aromatic amines is 1. The molecule has 1 atom stereocenters. The van der Waals surface area contributed by atoms with E-state index in [9.17, 15) is 23.1 Å². The summed E-state index contributed by atoms with van der Waals surface area (Å²) < 4.78 is 47.9. The number of aliphatic hydroxyl groups is 1. The van der Waals surface area contributed by atoms with Crippen molar-refractivity contribution in [3.05, 3.63) is 81.8 Å². The Balaban J connectivity index is 2.11. The van der Waals surface area contributed by atoms with Gasteiger partial charge in [0.05, 0.1) is 5.39 Å². The van der Waals surface area contributed by atoms with Crippen LogP contribution < -0.4 is 5.43 Å². The largest absolute Gasteiger partial charge is 0.457 e. The summed E-state index contributed by atoms with van der Waals surface area (Å²) in [7, 11) is 0. The molecular formula is C20H14F3NO3. The number of aromatic nitrogens is 1. The Bertz CT molecular complexity index is 1220. The zero-order valence-corrected chi connectivity index (χ0v) is 14.1. The third-order valence-corrected chi connectivity index (χ3v) is 4.66. The van der Waals surface area contributed by atoms with Gasteiger partial charge in [-0.2, -0.15) is 13.2 Å². The number of benzene rings is 2. The van der Waals surface area contributed by atoms with Crippen molar-refractivity contribution in [3.63, 3.8) is 0 Å². The lowest BCUT2D eigenvalue weighted by atomic mass is 9.87. The smallest absolute Gasteiger partial charge is 0.429 e. The molecule has 0 aliphatic carbocycles. The molecule has 138 valence electrons. The summed E-state index contributed by atoms with van der Waals surface area (Å²) >= 11 is 0. The second-order valence-electron chi connectivity index (χ2n) is 6.35. The summed E-state index contributed by atoms with van der Waals surface area (Å²) in [5, 5.41) is 11.3. The number of hydrogen-bond acceptors (Lipinski definition) is 3. The Hall–Kier alpha value is -3.06. The first kappa shape index (κ1) is 17.4. The van der Waals surface area contributed by atoms with E-state index in [0.717, 1.165) is 0 Å². The molecule has 0 saturated heterocycles. The van der Waals surface area contributed by atoms with Gasteiger partial charge in [0.25, 0.3) is 0 Å². The van der Waals surface area contributed by atoms with E-state index in [-0.39, 0.29) is 27.6 Å². The molecule has 0 radical (unpaired) electrons. The van der Waals surface area contributed by atoms with E-state index in [1.165, 1.54) is 25.1 Å². The normalized spacial score (nSPS) is 14.6. The van der Waals surface area contributed by atoms with Crippen molar-refractivity contribution in [1.29, 1.82) is 0 Å². The quantitative estimate of drug-likeness (QED) is 0.548. The van der Waals surface area contributed by atoms with Crippen LogP contribution in [0.1, 0.15) is 17.0 Å². The lowest BCUT2D eigenvalue weighted by Gasteiger charge is -2.30. The Kier molecular flexibility index (Phi) is 3.68. The minimum atomic E-state index is -5.12. The highest BCUT2D eigenvalue weighted by Crippen LogP contribution is 2.47. The van der Waals surface area contributed by atoms with Gasteiger partial charge in [0.2, 0.25) is 5.60 Å². The second-order valence-corrected chi connectivity index (χ2v) is 6.35. The van der Waals surface area contributed by atoms with E-state index in [2.05, 4.69) is 4.98 Å². The van der Waals surface area contributed by atoms with Crippen molar-refractivity contribution in [2.24, 2.45) is 0 Å². The van der Waals surface area contributed by atoms with Gasteiger partial charge < -0.3 is 14.5 Å². The molecule has 0 amide bonds. The molecule has 7 heteroatoms. The van der Waals surface area contributed by atoms with Crippen LogP contribution in [-0.4, -0.2) is 16.3 Å². The van der Waals surface area contributed by atoms with Gasteiger partial charge in [-0.15, -0.1) is 0 Å². The highest BCUT2D eigenvalue weighted by molar-refractivity contribution is 5.86. The fraction of sp³-hybridized carbons (Fsp3) is 0.150. The van der Waals surface area contributed by atoms with Crippen LogP contribution in [0.5, 0.6) is 0 Å². The molecule has 4 aromatic rings. The SMILES string of the molecule is Cc1[nH]c2ccccc2c1C(O)(c1cc(=O)c2ccccc2o1)C(F)(F)F. The third-order valence-electron chi connectivity index (χ3n) is 4.66. The fourth-order valence-electron chi connectivity index (χ4n) is 3.43. The highest BCUT2D eigenvalue weighted by Gasteiger charge is 2.60. The number of halogens is 3. The van der Waals surface area contributed by atoms with Crippen LogP contribution in [0.3, 0.4) is 0 Å². The Morgan fingerprint density at radius 3 is 2.33 bits per heavy atom. The van der Waals surface area contributed by atoms with Crippen molar-refractivity contribution in [2.45, 2.75) is 18.7 Å². The number of aryl methyl sites for hydroxylation is 1. The number of para-hydroxylation sites is 2. The maximum Gasteiger partial charge on any atom is 0.429 e. The van der Waals surface area contributed by atoms with E-state index in [1.54, 1.807) is 30.3 Å². The number of H-pyrrole nitrogens is 1. The molecule has 4 nitrogen and oxygen atoms in total. The Labute approximate surface area is 150 Å². The van der Waals surface area contributed by atoms with E-state index >= 15 is 0 Å². The molecule has 0 saturated carbocycles. The summed E-state index contributed by atoms with van der Waals surface area (Å²) in [6.45, 7) is 1.44. The van der Waals surface area contributed by atoms with Crippen molar-refractivity contribution >= 4 is 21.9 Å². The van der Waals surface area contributed by atoms with Gasteiger partial charge in [-0.25, -0.2) is 0 Å². The van der Waals surface area contributed by atoms with E-state index in [1.807, 2.05) is 0 Å². The topological polar surface area (TPSA) is 66.2 Å². The molecule has 4 rings (SSSR count). The molecule has 2 aromatic heterocycles. The average molecular weight is 373 g/mol. The number of rotatable bonds is 2. The molecular weight excluding hydrogens is 359 g/mol. The van der Waals surface area contributed by atoms with Crippen LogP contribution in [-0.2, 0) is 5.60 Å². The molecule has 27 heavy (non-hydrogen) atoms. The van der Waals surface area contributed by atoms with Crippen LogP contribution in [0.25, 0.3) is 21.9 Å². The van der Waals surface area contributed by atoms with Crippen LogP contribution in [0.15, 0.2) is 63.8 Å². The van der Waals surface area contributed by atoms with Crippen LogP contribution >= 0.6 is 0 Å². The molecule has 0 bridgehead atoms. The van der Waals surface area contributed by atoms with Gasteiger partial charge in [0.15, 0.2) is 11.2 Å². The maximum absolute atomic E-state index is 14.2. The molecule has 2 aromatic carbocycles. The van der Waals surface area contributed by atoms with Crippen LogP contribution in [0, 0.1) is 6.92 Å². The summed E-state index contributed by atoms with van der Waals surface area (Å²) in [6.07, 6.45) is -5.12. The number of hydrogen-bond donors (Lipinski definition) is 2. The first-order chi connectivity index (χ1) is 12.7. The zero-order chi connectivity index (χ0) is 19.4. The molecule has 0 aliphatic heterocycles. The zero-order valence-electron chi connectivity index (χ0n) is 14.1. The summed E-state index contributed by atoms with van der Waals surface area (Å²) in [5.74, 6) is -0.869. The van der Waals surface area contributed by atoms with Gasteiger partial charge in [-0.05, 0) is 25.1 Å². The Morgan fingerprint density at radius 2 is 1.63 bits per heavy atom. The predicted octanol–water partition coefficient (Wildman–Crippen LogP) is 4.38. The first-order valence-corrected chi connectivity index (χ1v) is 8.13. The minimum Gasteiger partial charge on any atom is -0.457 e.